The number of hydrogen-bond acceptors (Lipinski definition) is 5. The Balaban J connectivity index is 1.94. The van der Waals surface area contributed by atoms with Gasteiger partial charge in [0.1, 0.15) is 5.82 Å². The van der Waals surface area contributed by atoms with E-state index in [1.54, 1.807) is 19.3 Å². The Kier molecular flexibility index (Phi) is 3.08. The van der Waals surface area contributed by atoms with Crippen molar-refractivity contribution in [2.75, 3.05) is 0 Å². The Labute approximate surface area is 97.7 Å². The molecule has 0 aliphatic carbocycles. The number of carbonyl (C=O) groups excluding carboxylic acids is 1. The zero-order chi connectivity index (χ0) is 12.3. The van der Waals surface area contributed by atoms with Gasteiger partial charge in [-0.15, -0.1) is 5.10 Å². The van der Waals surface area contributed by atoms with Gasteiger partial charge >= 0.3 is 0 Å². The van der Waals surface area contributed by atoms with Crippen LogP contribution in [0, 0.1) is 13.8 Å². The summed E-state index contributed by atoms with van der Waals surface area (Å²) in [5.41, 5.74) is 1.53. The molecule has 2 N–H and O–H groups in total. The molecule has 7 nitrogen and oxygen atoms in total. The van der Waals surface area contributed by atoms with E-state index in [4.69, 9.17) is 0 Å². The van der Waals surface area contributed by atoms with E-state index in [1.807, 2.05) is 6.92 Å². The van der Waals surface area contributed by atoms with Crippen LogP contribution in [0.2, 0.25) is 0 Å². The van der Waals surface area contributed by atoms with Crippen LogP contribution in [-0.2, 0) is 6.54 Å². The molecule has 0 unspecified atom stereocenters. The molecule has 0 aromatic carbocycles. The molecule has 2 aromatic heterocycles. The van der Waals surface area contributed by atoms with Gasteiger partial charge in [0.05, 0.1) is 24.1 Å². The highest BCUT2D eigenvalue weighted by atomic mass is 16.2. The van der Waals surface area contributed by atoms with Gasteiger partial charge < -0.3 is 5.32 Å². The standard InChI is InChI=1S/C10H12N6O/c1-6-3-12-8(4-11-6)5-13-10(17)9-14-7(2)15-16-9/h3-4H,5H2,1-2H3,(H,13,17)(H,14,15,16). The molecule has 0 atom stereocenters. The Morgan fingerprint density at radius 1 is 1.35 bits per heavy atom. The summed E-state index contributed by atoms with van der Waals surface area (Å²) in [6.45, 7) is 3.89. The molecule has 0 aliphatic heterocycles. The second-order valence-corrected chi connectivity index (χ2v) is 3.58. The fraction of sp³-hybridized carbons (Fsp3) is 0.300. The second kappa shape index (κ2) is 4.69. The molecular weight excluding hydrogens is 220 g/mol. The van der Waals surface area contributed by atoms with E-state index in [9.17, 15) is 4.79 Å². The maximum absolute atomic E-state index is 11.6. The first-order valence-corrected chi connectivity index (χ1v) is 5.10. The van der Waals surface area contributed by atoms with Gasteiger partial charge in [-0.05, 0) is 13.8 Å². The van der Waals surface area contributed by atoms with Gasteiger partial charge in [0, 0.05) is 6.20 Å². The summed E-state index contributed by atoms with van der Waals surface area (Å²) in [4.78, 5) is 23.7. The normalized spacial score (nSPS) is 10.2. The van der Waals surface area contributed by atoms with Gasteiger partial charge in [-0.1, -0.05) is 0 Å². The number of nitrogens with one attached hydrogen (secondary N) is 2. The first-order chi connectivity index (χ1) is 8.15. The maximum atomic E-state index is 11.6. The molecular formula is C10H12N6O. The van der Waals surface area contributed by atoms with E-state index in [1.165, 1.54) is 0 Å². The minimum Gasteiger partial charge on any atom is -0.344 e. The van der Waals surface area contributed by atoms with Gasteiger partial charge in [-0.2, -0.15) is 0 Å². The number of hydrogen-bond donors (Lipinski definition) is 2. The van der Waals surface area contributed by atoms with Crippen molar-refractivity contribution in [3.8, 4) is 0 Å². The minimum atomic E-state index is -0.336. The molecule has 1 amide bonds. The highest BCUT2D eigenvalue weighted by molar-refractivity contribution is 5.90. The van der Waals surface area contributed by atoms with Crippen LogP contribution in [0.3, 0.4) is 0 Å². The van der Waals surface area contributed by atoms with Crippen molar-refractivity contribution in [3.05, 3.63) is 35.4 Å². The summed E-state index contributed by atoms with van der Waals surface area (Å²) in [6, 6.07) is 0. The fourth-order valence-electron chi connectivity index (χ4n) is 1.20. The van der Waals surface area contributed by atoms with Crippen molar-refractivity contribution in [1.29, 1.82) is 0 Å². The lowest BCUT2D eigenvalue weighted by molar-refractivity contribution is 0.0940. The van der Waals surface area contributed by atoms with E-state index >= 15 is 0 Å². The predicted molar refractivity (Wildman–Crippen MR) is 59.1 cm³/mol. The zero-order valence-electron chi connectivity index (χ0n) is 9.56. The Bertz CT molecular complexity index is 518. The first-order valence-electron chi connectivity index (χ1n) is 5.10. The maximum Gasteiger partial charge on any atom is 0.291 e. The van der Waals surface area contributed by atoms with Crippen LogP contribution in [0.4, 0.5) is 0 Å². The van der Waals surface area contributed by atoms with Crippen molar-refractivity contribution < 1.29 is 4.79 Å². The van der Waals surface area contributed by atoms with Crippen LogP contribution in [0.1, 0.15) is 27.8 Å². The molecule has 0 fully saturated rings. The van der Waals surface area contributed by atoms with Crippen LogP contribution in [0.25, 0.3) is 0 Å². The van der Waals surface area contributed by atoms with Gasteiger partial charge in [0.15, 0.2) is 0 Å². The van der Waals surface area contributed by atoms with Gasteiger partial charge in [0.25, 0.3) is 5.91 Å². The van der Waals surface area contributed by atoms with E-state index in [2.05, 4.69) is 30.5 Å². The smallest absolute Gasteiger partial charge is 0.291 e. The number of H-pyrrole nitrogens is 1. The summed E-state index contributed by atoms with van der Waals surface area (Å²) in [5.74, 6) is 0.393. The zero-order valence-corrected chi connectivity index (χ0v) is 9.56. The quantitative estimate of drug-likeness (QED) is 0.784. The van der Waals surface area contributed by atoms with E-state index < -0.39 is 0 Å². The summed E-state index contributed by atoms with van der Waals surface area (Å²) in [5, 5.41) is 9.02. The molecule has 0 spiro atoms. The Hall–Kier alpha value is -2.31. The van der Waals surface area contributed by atoms with Crippen molar-refractivity contribution in [2.45, 2.75) is 20.4 Å². The lowest BCUT2D eigenvalue weighted by Crippen LogP contribution is -2.24. The topological polar surface area (TPSA) is 96.5 Å². The molecule has 88 valence electrons. The number of aryl methyl sites for hydroxylation is 2. The molecule has 0 radical (unpaired) electrons. The molecule has 0 saturated heterocycles. The number of aromatic amines is 1. The average Bonchev–Trinajstić information content (AvgIpc) is 2.75. The third-order valence-electron chi connectivity index (χ3n) is 2.06. The van der Waals surface area contributed by atoms with Crippen LogP contribution < -0.4 is 5.32 Å². The Morgan fingerprint density at radius 2 is 2.18 bits per heavy atom. The van der Waals surface area contributed by atoms with Crippen molar-refractivity contribution >= 4 is 5.91 Å². The first kappa shape index (κ1) is 11.2. The van der Waals surface area contributed by atoms with Crippen LogP contribution in [0.5, 0.6) is 0 Å². The third-order valence-corrected chi connectivity index (χ3v) is 2.06. The van der Waals surface area contributed by atoms with Crippen LogP contribution in [-0.4, -0.2) is 31.1 Å². The van der Waals surface area contributed by atoms with Crippen LogP contribution >= 0.6 is 0 Å². The van der Waals surface area contributed by atoms with Gasteiger partial charge in [-0.3, -0.25) is 19.9 Å². The summed E-state index contributed by atoms with van der Waals surface area (Å²) < 4.78 is 0. The molecule has 17 heavy (non-hydrogen) atoms. The summed E-state index contributed by atoms with van der Waals surface area (Å²) >= 11 is 0. The predicted octanol–water partition coefficient (Wildman–Crippen LogP) is 0.142. The second-order valence-electron chi connectivity index (χ2n) is 3.58. The number of nitrogens with zero attached hydrogens (tertiary/aromatic N) is 4. The molecule has 0 bridgehead atoms. The van der Waals surface area contributed by atoms with Gasteiger partial charge in [0.2, 0.25) is 5.82 Å². The molecule has 2 rings (SSSR count). The molecule has 0 aliphatic rings. The highest BCUT2D eigenvalue weighted by Gasteiger charge is 2.10. The highest BCUT2D eigenvalue weighted by Crippen LogP contribution is 1.95. The molecule has 2 heterocycles. The molecule has 0 saturated carbocycles. The lowest BCUT2D eigenvalue weighted by Gasteiger charge is -2.01. The Morgan fingerprint density at radius 3 is 2.76 bits per heavy atom. The third kappa shape index (κ3) is 2.83. The monoisotopic (exact) mass is 232 g/mol. The SMILES string of the molecule is Cc1cnc(CNC(=O)c2n[nH]c(C)n2)cn1. The number of carbonyl (C=O) groups is 1. The van der Waals surface area contributed by atoms with E-state index in [0.29, 0.717) is 18.1 Å². The van der Waals surface area contributed by atoms with Gasteiger partial charge in [-0.25, -0.2) is 4.98 Å². The van der Waals surface area contributed by atoms with E-state index in [-0.39, 0.29) is 11.7 Å². The van der Waals surface area contributed by atoms with Crippen molar-refractivity contribution in [1.82, 2.24) is 30.5 Å². The summed E-state index contributed by atoms with van der Waals surface area (Å²) in [6.07, 6.45) is 3.28. The minimum absolute atomic E-state index is 0.127. The van der Waals surface area contributed by atoms with Crippen molar-refractivity contribution in [3.63, 3.8) is 0 Å². The number of amides is 1. The largest absolute Gasteiger partial charge is 0.344 e. The number of aromatic nitrogens is 5. The fourth-order valence-corrected chi connectivity index (χ4v) is 1.20. The van der Waals surface area contributed by atoms with Crippen molar-refractivity contribution in [2.24, 2.45) is 0 Å². The van der Waals surface area contributed by atoms with E-state index in [0.717, 1.165) is 5.69 Å². The lowest BCUT2D eigenvalue weighted by atomic mass is 10.4. The molecule has 2 aromatic rings. The summed E-state index contributed by atoms with van der Waals surface area (Å²) in [7, 11) is 0. The number of rotatable bonds is 3. The average molecular weight is 232 g/mol. The van der Waals surface area contributed by atoms with Crippen LogP contribution in [0.15, 0.2) is 12.4 Å². The molecule has 7 heteroatoms.